The Bertz CT molecular complexity index is 217. The molecule has 0 spiro atoms. The quantitative estimate of drug-likeness (QED) is 0.440. The lowest BCUT2D eigenvalue weighted by molar-refractivity contribution is -0.140. The molecule has 0 rings (SSSR count). The molecule has 0 N–H and O–H groups in total. The lowest BCUT2D eigenvalue weighted by Crippen LogP contribution is -2.29. The van der Waals surface area contributed by atoms with Gasteiger partial charge in [0.1, 0.15) is 0 Å². The number of rotatable bonds is 2. The zero-order valence-corrected chi connectivity index (χ0v) is 6.97. The number of ketones is 2. The monoisotopic (exact) mass is 153 g/mol. The van der Waals surface area contributed by atoms with E-state index < -0.39 is 17.0 Å². The molecule has 0 aromatic rings. The minimum Gasteiger partial charge on any atom is -0.308 e. The van der Waals surface area contributed by atoms with Crippen LogP contribution < -0.4 is 0 Å². The fourth-order valence-corrected chi connectivity index (χ4v) is 0.562. The first-order valence-corrected chi connectivity index (χ1v) is 3.30. The molecule has 0 saturated heterocycles. The van der Waals surface area contributed by atoms with Gasteiger partial charge in [0.25, 0.3) is 12.3 Å². The summed E-state index contributed by atoms with van der Waals surface area (Å²) in [6.45, 7) is 11.1. The van der Waals surface area contributed by atoms with E-state index in [0.29, 0.717) is 0 Å². The van der Waals surface area contributed by atoms with Crippen LogP contribution in [0.15, 0.2) is 0 Å². The fourth-order valence-electron chi connectivity index (χ4n) is 0.562. The van der Waals surface area contributed by atoms with Gasteiger partial charge in [-0.1, -0.05) is 20.8 Å². The molecule has 0 aliphatic rings. The molecule has 0 radical (unpaired) electrons. The van der Waals surface area contributed by atoms with Crippen LogP contribution in [0, 0.1) is 12.0 Å². The van der Waals surface area contributed by atoms with E-state index in [4.69, 9.17) is 6.57 Å². The van der Waals surface area contributed by atoms with Gasteiger partial charge in [0, 0.05) is 5.41 Å². The summed E-state index contributed by atoms with van der Waals surface area (Å²) in [5, 5.41) is 0. The first kappa shape index (κ1) is 9.83. The van der Waals surface area contributed by atoms with Crippen molar-refractivity contribution in [3.05, 3.63) is 11.4 Å². The van der Waals surface area contributed by atoms with E-state index >= 15 is 0 Å². The highest BCUT2D eigenvalue weighted by atomic mass is 16.2. The minimum atomic E-state index is -0.651. The van der Waals surface area contributed by atoms with Gasteiger partial charge in [0.2, 0.25) is 5.78 Å². The van der Waals surface area contributed by atoms with Gasteiger partial charge in [-0.3, -0.25) is 9.59 Å². The average Bonchev–Trinajstić information content (AvgIpc) is 1.85. The SMILES string of the molecule is [C-]#[N+]CC(=O)C(=O)C(C)(C)C. The third-order valence-corrected chi connectivity index (χ3v) is 1.16. The third kappa shape index (κ3) is 2.94. The maximum absolute atomic E-state index is 11.1. The molecule has 0 aromatic carbocycles. The Morgan fingerprint density at radius 1 is 1.36 bits per heavy atom. The van der Waals surface area contributed by atoms with Crippen LogP contribution in [0.2, 0.25) is 0 Å². The Labute approximate surface area is 66.2 Å². The molecule has 0 amide bonds. The van der Waals surface area contributed by atoms with Crippen molar-refractivity contribution in [2.45, 2.75) is 20.8 Å². The van der Waals surface area contributed by atoms with Crippen LogP contribution in [-0.2, 0) is 9.59 Å². The van der Waals surface area contributed by atoms with Gasteiger partial charge in [0.15, 0.2) is 0 Å². The summed E-state index contributed by atoms with van der Waals surface area (Å²) in [6.07, 6.45) is 0. The average molecular weight is 153 g/mol. The van der Waals surface area contributed by atoms with Crippen molar-refractivity contribution in [1.82, 2.24) is 0 Å². The second-order valence-electron chi connectivity index (χ2n) is 3.32. The van der Waals surface area contributed by atoms with Crippen molar-refractivity contribution in [2.24, 2.45) is 5.41 Å². The largest absolute Gasteiger partial charge is 0.308 e. The van der Waals surface area contributed by atoms with Gasteiger partial charge in [-0.05, 0) is 0 Å². The van der Waals surface area contributed by atoms with Gasteiger partial charge >= 0.3 is 0 Å². The first-order valence-electron chi connectivity index (χ1n) is 3.30. The molecule has 0 fully saturated rings. The van der Waals surface area contributed by atoms with E-state index in [-0.39, 0.29) is 6.54 Å². The number of Topliss-reactive ketones (excluding diaryl/α,β-unsaturated/α-hetero) is 2. The van der Waals surface area contributed by atoms with Crippen LogP contribution in [0.25, 0.3) is 4.85 Å². The zero-order valence-electron chi connectivity index (χ0n) is 6.97. The molecule has 0 aromatic heterocycles. The summed E-state index contributed by atoms with van der Waals surface area (Å²) in [7, 11) is 0. The van der Waals surface area contributed by atoms with E-state index in [1.54, 1.807) is 20.8 Å². The Balaban J connectivity index is 4.30. The molecule has 3 nitrogen and oxygen atoms in total. The van der Waals surface area contributed by atoms with E-state index in [1.807, 2.05) is 0 Å². The second kappa shape index (κ2) is 3.29. The molecule has 0 atom stereocenters. The maximum atomic E-state index is 11.1. The molecule has 0 saturated carbocycles. The van der Waals surface area contributed by atoms with Crippen molar-refractivity contribution in [1.29, 1.82) is 0 Å². The van der Waals surface area contributed by atoms with Crippen LogP contribution in [0.3, 0.4) is 0 Å². The number of hydrogen-bond donors (Lipinski definition) is 0. The standard InChI is InChI=1S/C8H11NO2/c1-8(2,3)7(11)6(10)5-9-4/h5H2,1-3H3. The van der Waals surface area contributed by atoms with Crippen LogP contribution in [-0.4, -0.2) is 18.1 Å². The van der Waals surface area contributed by atoms with Crippen LogP contribution in [0.5, 0.6) is 0 Å². The Morgan fingerprint density at radius 2 is 1.82 bits per heavy atom. The summed E-state index contributed by atoms with van der Waals surface area (Å²) < 4.78 is 0. The highest BCUT2D eigenvalue weighted by molar-refractivity contribution is 6.40. The predicted molar refractivity (Wildman–Crippen MR) is 40.9 cm³/mol. The summed E-state index contributed by atoms with van der Waals surface area (Å²) in [6, 6.07) is 0. The van der Waals surface area contributed by atoms with Gasteiger partial charge in [-0.2, -0.15) is 0 Å². The van der Waals surface area contributed by atoms with Crippen molar-refractivity contribution in [3.8, 4) is 0 Å². The highest BCUT2D eigenvalue weighted by Gasteiger charge is 2.29. The molecule has 0 bridgehead atoms. The van der Waals surface area contributed by atoms with Gasteiger partial charge in [0.05, 0.1) is 0 Å². The topological polar surface area (TPSA) is 38.5 Å². The highest BCUT2D eigenvalue weighted by Crippen LogP contribution is 2.14. The van der Waals surface area contributed by atoms with Crippen LogP contribution in [0.1, 0.15) is 20.8 Å². The van der Waals surface area contributed by atoms with Crippen molar-refractivity contribution in [2.75, 3.05) is 6.54 Å². The summed E-state index contributed by atoms with van der Waals surface area (Å²) >= 11 is 0. The molecule has 0 unspecified atom stereocenters. The molecular formula is C8H11NO2. The van der Waals surface area contributed by atoms with Crippen molar-refractivity contribution in [3.63, 3.8) is 0 Å². The van der Waals surface area contributed by atoms with Crippen molar-refractivity contribution >= 4 is 11.6 Å². The molecule has 0 heterocycles. The van der Waals surface area contributed by atoms with E-state index in [9.17, 15) is 9.59 Å². The van der Waals surface area contributed by atoms with Crippen LogP contribution >= 0.6 is 0 Å². The number of carbonyl (C=O) groups is 2. The number of carbonyl (C=O) groups excluding carboxylic acids is 2. The molecule has 3 heteroatoms. The van der Waals surface area contributed by atoms with Crippen molar-refractivity contribution < 1.29 is 9.59 Å². The first-order chi connectivity index (χ1) is 4.89. The van der Waals surface area contributed by atoms with Gasteiger partial charge in [-0.15, -0.1) is 0 Å². The van der Waals surface area contributed by atoms with Gasteiger partial charge < -0.3 is 4.85 Å². The van der Waals surface area contributed by atoms with E-state index in [0.717, 1.165) is 0 Å². The van der Waals surface area contributed by atoms with E-state index in [1.165, 1.54) is 0 Å². The van der Waals surface area contributed by atoms with Crippen LogP contribution in [0.4, 0.5) is 0 Å². The number of nitrogens with zero attached hydrogens (tertiary/aromatic N) is 1. The lowest BCUT2D eigenvalue weighted by Gasteiger charge is -2.12. The smallest absolute Gasteiger partial charge is 0.279 e. The Kier molecular flexibility index (Phi) is 2.94. The maximum Gasteiger partial charge on any atom is 0.279 e. The third-order valence-electron chi connectivity index (χ3n) is 1.16. The number of hydrogen-bond acceptors (Lipinski definition) is 2. The van der Waals surface area contributed by atoms with E-state index in [2.05, 4.69) is 4.85 Å². The Hall–Kier alpha value is -1.17. The van der Waals surface area contributed by atoms with Gasteiger partial charge in [-0.25, -0.2) is 6.57 Å². The minimum absolute atomic E-state index is 0.323. The molecule has 0 aliphatic heterocycles. The molecule has 11 heavy (non-hydrogen) atoms. The lowest BCUT2D eigenvalue weighted by atomic mass is 9.88. The summed E-state index contributed by atoms with van der Waals surface area (Å²) in [4.78, 5) is 24.7. The summed E-state index contributed by atoms with van der Waals surface area (Å²) in [5.74, 6) is -1.05. The molecule has 0 aliphatic carbocycles. The predicted octanol–water partition coefficient (Wildman–Crippen LogP) is 1.09. The summed E-state index contributed by atoms with van der Waals surface area (Å²) in [5.41, 5.74) is -0.651. The second-order valence-corrected chi connectivity index (χ2v) is 3.32. The molecule has 60 valence electrons. The Morgan fingerprint density at radius 3 is 2.09 bits per heavy atom. The normalized spacial score (nSPS) is 10.4. The fraction of sp³-hybridized carbons (Fsp3) is 0.625. The zero-order chi connectivity index (χ0) is 9.07. The molecular weight excluding hydrogens is 142 g/mol.